The molecule has 0 aromatic rings. The number of hydrogen-bond acceptors (Lipinski definition) is 2. The van der Waals surface area contributed by atoms with E-state index in [1.54, 1.807) is 0 Å². The van der Waals surface area contributed by atoms with Gasteiger partial charge in [0.1, 0.15) is 0 Å². The van der Waals surface area contributed by atoms with Crippen molar-refractivity contribution in [3.8, 4) is 0 Å². The first-order valence-electron chi connectivity index (χ1n) is 5.81. The molecule has 1 saturated heterocycles. The van der Waals surface area contributed by atoms with Crippen LogP contribution in [0, 0.1) is 11.3 Å². The molecule has 1 aliphatic carbocycles. The Morgan fingerprint density at radius 2 is 2.00 bits per heavy atom. The van der Waals surface area contributed by atoms with Crippen molar-refractivity contribution in [1.82, 2.24) is 4.90 Å². The van der Waals surface area contributed by atoms with Gasteiger partial charge in [-0.2, -0.15) is 0 Å². The van der Waals surface area contributed by atoms with Crippen LogP contribution in [0.25, 0.3) is 0 Å². The molecule has 2 fully saturated rings. The van der Waals surface area contributed by atoms with Crippen LogP contribution in [0.4, 0.5) is 0 Å². The standard InChI is InChI=1S/C12H24N2/c1-8-9(7-13)12(5)6-10(12)14(8)11(2,3)4/h8-10H,6-7,13H2,1-5H3/t8-,9?,10-,12-/m1/s1. The second-order valence-electron chi connectivity index (χ2n) is 6.39. The summed E-state index contributed by atoms with van der Waals surface area (Å²) in [5.41, 5.74) is 6.73. The Morgan fingerprint density at radius 3 is 2.29 bits per heavy atom. The van der Waals surface area contributed by atoms with E-state index in [2.05, 4.69) is 39.5 Å². The van der Waals surface area contributed by atoms with E-state index in [1.165, 1.54) is 6.42 Å². The van der Waals surface area contributed by atoms with Crippen LogP contribution in [0.15, 0.2) is 0 Å². The van der Waals surface area contributed by atoms with Gasteiger partial charge in [-0.1, -0.05) is 6.92 Å². The molecular weight excluding hydrogens is 172 g/mol. The molecule has 1 aliphatic heterocycles. The summed E-state index contributed by atoms with van der Waals surface area (Å²) in [6.45, 7) is 12.6. The van der Waals surface area contributed by atoms with Crippen LogP contribution < -0.4 is 5.73 Å². The Kier molecular flexibility index (Phi) is 2.04. The minimum atomic E-state index is 0.297. The van der Waals surface area contributed by atoms with E-state index in [4.69, 9.17) is 5.73 Å². The Morgan fingerprint density at radius 1 is 1.43 bits per heavy atom. The van der Waals surface area contributed by atoms with Gasteiger partial charge >= 0.3 is 0 Å². The van der Waals surface area contributed by atoms with E-state index in [-0.39, 0.29) is 0 Å². The minimum Gasteiger partial charge on any atom is -0.330 e. The monoisotopic (exact) mass is 196 g/mol. The van der Waals surface area contributed by atoms with E-state index in [1.807, 2.05) is 0 Å². The molecule has 0 bridgehead atoms. The van der Waals surface area contributed by atoms with Crippen molar-refractivity contribution in [2.24, 2.45) is 17.1 Å². The van der Waals surface area contributed by atoms with Gasteiger partial charge in [-0.25, -0.2) is 0 Å². The van der Waals surface area contributed by atoms with Crippen molar-refractivity contribution >= 4 is 0 Å². The molecule has 2 aliphatic rings. The summed E-state index contributed by atoms with van der Waals surface area (Å²) in [5, 5.41) is 0. The number of rotatable bonds is 1. The quantitative estimate of drug-likeness (QED) is 0.693. The minimum absolute atomic E-state index is 0.297. The van der Waals surface area contributed by atoms with Crippen molar-refractivity contribution in [3.63, 3.8) is 0 Å². The third kappa shape index (κ3) is 1.17. The summed E-state index contributed by atoms with van der Waals surface area (Å²) in [4.78, 5) is 2.69. The number of nitrogens with two attached hydrogens (primary N) is 1. The average molecular weight is 196 g/mol. The second kappa shape index (κ2) is 2.73. The topological polar surface area (TPSA) is 29.3 Å². The van der Waals surface area contributed by atoms with E-state index < -0.39 is 0 Å². The van der Waals surface area contributed by atoms with E-state index >= 15 is 0 Å². The summed E-state index contributed by atoms with van der Waals surface area (Å²) in [6.07, 6.45) is 1.36. The molecule has 1 saturated carbocycles. The zero-order valence-corrected chi connectivity index (χ0v) is 10.2. The Hall–Kier alpha value is -0.0800. The van der Waals surface area contributed by atoms with E-state index in [0.717, 1.165) is 12.6 Å². The number of fused-ring (bicyclic) bond motifs is 1. The van der Waals surface area contributed by atoms with Crippen LogP contribution in [0.2, 0.25) is 0 Å². The summed E-state index contributed by atoms with van der Waals surface area (Å²) < 4.78 is 0. The third-order valence-corrected chi connectivity index (χ3v) is 4.47. The fraction of sp³-hybridized carbons (Fsp3) is 1.00. The normalized spacial score (nSPS) is 48.0. The summed E-state index contributed by atoms with van der Waals surface area (Å²) >= 11 is 0. The highest BCUT2D eigenvalue weighted by atomic mass is 15.3. The number of nitrogens with zero attached hydrogens (tertiary/aromatic N) is 1. The van der Waals surface area contributed by atoms with Gasteiger partial charge in [0.05, 0.1) is 0 Å². The Bertz CT molecular complexity index is 243. The van der Waals surface area contributed by atoms with Gasteiger partial charge in [0.2, 0.25) is 0 Å². The highest BCUT2D eigenvalue weighted by Crippen LogP contribution is 2.63. The molecule has 2 heteroatoms. The SMILES string of the molecule is C[C@@H]1C(CN)[C@@]2(C)C[C@H]2N1C(C)(C)C. The number of hydrogen-bond donors (Lipinski definition) is 1. The van der Waals surface area contributed by atoms with Gasteiger partial charge in [-0.05, 0) is 52.0 Å². The zero-order chi connectivity index (χ0) is 10.7. The molecule has 0 amide bonds. The molecular formula is C12H24N2. The van der Waals surface area contributed by atoms with Crippen molar-refractivity contribution < 1.29 is 0 Å². The molecule has 2 nitrogen and oxygen atoms in total. The Balaban J connectivity index is 2.24. The lowest BCUT2D eigenvalue weighted by molar-refractivity contribution is 0.0883. The van der Waals surface area contributed by atoms with Crippen LogP contribution in [0.5, 0.6) is 0 Å². The lowest BCUT2D eigenvalue weighted by Gasteiger charge is -2.39. The molecule has 0 radical (unpaired) electrons. The molecule has 0 aromatic heterocycles. The largest absolute Gasteiger partial charge is 0.330 e. The maximum absolute atomic E-state index is 5.91. The molecule has 0 aromatic carbocycles. The number of piperidine rings is 1. The fourth-order valence-corrected chi connectivity index (χ4v) is 3.75. The zero-order valence-electron chi connectivity index (χ0n) is 10.2. The second-order valence-corrected chi connectivity index (χ2v) is 6.39. The first-order valence-corrected chi connectivity index (χ1v) is 5.81. The molecule has 14 heavy (non-hydrogen) atoms. The van der Waals surface area contributed by atoms with Crippen LogP contribution in [0.1, 0.15) is 41.0 Å². The Labute approximate surface area is 87.8 Å². The third-order valence-electron chi connectivity index (χ3n) is 4.47. The van der Waals surface area contributed by atoms with Crippen molar-refractivity contribution in [2.75, 3.05) is 6.54 Å². The predicted molar refractivity (Wildman–Crippen MR) is 60.1 cm³/mol. The average Bonchev–Trinajstić information content (AvgIpc) is 2.55. The highest BCUT2D eigenvalue weighted by molar-refractivity contribution is 5.20. The summed E-state index contributed by atoms with van der Waals surface area (Å²) in [5.74, 6) is 0.701. The molecule has 1 heterocycles. The lowest BCUT2D eigenvalue weighted by Crippen LogP contribution is -2.48. The van der Waals surface area contributed by atoms with Crippen LogP contribution in [-0.4, -0.2) is 29.1 Å². The first-order chi connectivity index (χ1) is 6.32. The first kappa shape index (κ1) is 10.4. The predicted octanol–water partition coefficient (Wildman–Crippen LogP) is 1.84. The number of likely N-dealkylation sites (tertiary alicyclic amines) is 1. The van der Waals surface area contributed by atoms with Crippen molar-refractivity contribution in [2.45, 2.75) is 58.7 Å². The van der Waals surface area contributed by atoms with Crippen molar-refractivity contribution in [3.05, 3.63) is 0 Å². The van der Waals surface area contributed by atoms with E-state index in [0.29, 0.717) is 22.9 Å². The summed E-state index contributed by atoms with van der Waals surface area (Å²) in [7, 11) is 0. The van der Waals surface area contributed by atoms with Gasteiger partial charge < -0.3 is 5.73 Å². The van der Waals surface area contributed by atoms with Gasteiger partial charge in [0.25, 0.3) is 0 Å². The van der Waals surface area contributed by atoms with Gasteiger partial charge in [-0.15, -0.1) is 0 Å². The summed E-state index contributed by atoms with van der Waals surface area (Å²) in [6, 6.07) is 1.45. The van der Waals surface area contributed by atoms with E-state index in [9.17, 15) is 0 Å². The van der Waals surface area contributed by atoms with Crippen LogP contribution >= 0.6 is 0 Å². The maximum Gasteiger partial charge on any atom is 0.0167 e. The highest BCUT2D eigenvalue weighted by Gasteiger charge is 2.67. The van der Waals surface area contributed by atoms with Gasteiger partial charge in [-0.3, -0.25) is 4.90 Å². The van der Waals surface area contributed by atoms with Gasteiger partial charge in [0, 0.05) is 17.6 Å². The van der Waals surface area contributed by atoms with Crippen LogP contribution in [-0.2, 0) is 0 Å². The van der Waals surface area contributed by atoms with Crippen LogP contribution in [0.3, 0.4) is 0 Å². The molecule has 4 atom stereocenters. The molecule has 2 N–H and O–H groups in total. The lowest BCUT2D eigenvalue weighted by atomic mass is 9.87. The maximum atomic E-state index is 5.91. The molecule has 0 spiro atoms. The smallest absolute Gasteiger partial charge is 0.0167 e. The molecule has 2 rings (SSSR count). The van der Waals surface area contributed by atoms with Crippen molar-refractivity contribution in [1.29, 1.82) is 0 Å². The fourth-order valence-electron chi connectivity index (χ4n) is 3.75. The molecule has 82 valence electrons. The molecule has 1 unspecified atom stereocenters. The van der Waals surface area contributed by atoms with Gasteiger partial charge in [0.15, 0.2) is 0 Å².